The fraction of sp³-hybridized carbons (Fsp3) is 0.625. The maximum atomic E-state index is 5.37. The van der Waals surface area contributed by atoms with Crippen molar-refractivity contribution in [1.29, 1.82) is 0 Å². The largest absolute Gasteiger partial charge is 0.496 e. The molecule has 0 saturated carbocycles. The van der Waals surface area contributed by atoms with E-state index in [9.17, 15) is 0 Å². The Morgan fingerprint density at radius 3 is 2.72 bits per heavy atom. The zero-order chi connectivity index (χ0) is 13.1. The average Bonchev–Trinajstić information content (AvgIpc) is 2.33. The molecule has 0 amide bonds. The molecule has 0 N–H and O–H groups in total. The Bertz CT molecular complexity index is 414. The minimum Gasteiger partial charge on any atom is -0.496 e. The van der Waals surface area contributed by atoms with Gasteiger partial charge in [-0.25, -0.2) is 0 Å². The third-order valence-electron chi connectivity index (χ3n) is 3.99. The number of hydrogen-bond acceptors (Lipinski definition) is 2. The minimum atomic E-state index is 0.846. The maximum Gasteiger partial charge on any atom is 0.122 e. The van der Waals surface area contributed by atoms with E-state index in [0.29, 0.717) is 0 Å². The van der Waals surface area contributed by atoms with Crippen molar-refractivity contribution in [2.45, 2.75) is 40.2 Å². The van der Waals surface area contributed by atoms with Gasteiger partial charge < -0.3 is 4.74 Å². The lowest BCUT2D eigenvalue weighted by Gasteiger charge is -2.31. The molecule has 1 fully saturated rings. The summed E-state index contributed by atoms with van der Waals surface area (Å²) < 4.78 is 5.37. The summed E-state index contributed by atoms with van der Waals surface area (Å²) in [5.74, 6) is 1.85. The van der Waals surface area contributed by atoms with Gasteiger partial charge >= 0.3 is 0 Å². The van der Waals surface area contributed by atoms with E-state index in [1.54, 1.807) is 7.11 Å². The Hall–Kier alpha value is -1.02. The molecule has 0 bridgehead atoms. The molecule has 0 aromatic heterocycles. The topological polar surface area (TPSA) is 12.5 Å². The van der Waals surface area contributed by atoms with Crippen LogP contribution in [0.25, 0.3) is 0 Å². The lowest BCUT2D eigenvalue weighted by molar-refractivity contribution is 0.176. The molecular weight excluding hydrogens is 222 g/mol. The maximum absolute atomic E-state index is 5.37. The van der Waals surface area contributed by atoms with Gasteiger partial charge in [-0.3, -0.25) is 4.90 Å². The van der Waals surface area contributed by atoms with E-state index in [-0.39, 0.29) is 0 Å². The lowest BCUT2D eigenvalue weighted by atomic mass is 9.98. The van der Waals surface area contributed by atoms with Gasteiger partial charge in [0, 0.05) is 13.1 Å². The van der Waals surface area contributed by atoms with E-state index in [1.165, 1.54) is 42.6 Å². The molecular formula is C16H25NO. The molecule has 1 heterocycles. The second kappa shape index (κ2) is 5.75. The van der Waals surface area contributed by atoms with E-state index in [1.807, 2.05) is 0 Å². The smallest absolute Gasteiger partial charge is 0.122 e. The summed E-state index contributed by atoms with van der Waals surface area (Å²) in [6.45, 7) is 10.2. The number of nitrogens with zero attached hydrogens (tertiary/aromatic N) is 1. The molecule has 1 aromatic carbocycles. The van der Waals surface area contributed by atoms with Gasteiger partial charge in [0.2, 0.25) is 0 Å². The van der Waals surface area contributed by atoms with Crippen LogP contribution in [0.1, 0.15) is 36.5 Å². The highest BCUT2D eigenvalue weighted by atomic mass is 16.5. The number of ether oxygens (including phenoxy) is 1. The first kappa shape index (κ1) is 13.4. The molecule has 100 valence electrons. The number of benzene rings is 1. The number of likely N-dealkylation sites (tertiary alicyclic amines) is 1. The molecule has 1 atom stereocenters. The zero-order valence-corrected chi connectivity index (χ0v) is 12.1. The lowest BCUT2D eigenvalue weighted by Crippen LogP contribution is -2.33. The predicted molar refractivity (Wildman–Crippen MR) is 76.1 cm³/mol. The molecule has 1 saturated heterocycles. The first-order valence-electron chi connectivity index (χ1n) is 6.96. The van der Waals surface area contributed by atoms with E-state index < -0.39 is 0 Å². The quantitative estimate of drug-likeness (QED) is 0.810. The van der Waals surface area contributed by atoms with Crippen LogP contribution in [-0.2, 0) is 6.54 Å². The molecule has 2 nitrogen and oxygen atoms in total. The number of methoxy groups -OCH3 is 1. The third-order valence-corrected chi connectivity index (χ3v) is 3.99. The number of hydrogen-bond donors (Lipinski definition) is 0. The Morgan fingerprint density at radius 2 is 2.06 bits per heavy atom. The van der Waals surface area contributed by atoms with Crippen molar-refractivity contribution in [3.05, 3.63) is 28.8 Å². The Kier molecular flexibility index (Phi) is 4.28. The van der Waals surface area contributed by atoms with Crippen LogP contribution < -0.4 is 4.74 Å². The van der Waals surface area contributed by atoms with Gasteiger partial charge in [-0.1, -0.05) is 13.0 Å². The summed E-state index contributed by atoms with van der Waals surface area (Å²) in [7, 11) is 1.74. The van der Waals surface area contributed by atoms with Crippen LogP contribution in [0.15, 0.2) is 12.1 Å². The van der Waals surface area contributed by atoms with Gasteiger partial charge in [-0.05, 0) is 61.9 Å². The van der Waals surface area contributed by atoms with Crippen LogP contribution in [0.5, 0.6) is 5.75 Å². The van der Waals surface area contributed by atoms with Gasteiger partial charge in [-0.15, -0.1) is 0 Å². The fourth-order valence-electron chi connectivity index (χ4n) is 2.91. The Labute approximate surface area is 111 Å². The molecule has 0 spiro atoms. The summed E-state index contributed by atoms with van der Waals surface area (Å²) in [4.78, 5) is 2.59. The summed E-state index contributed by atoms with van der Waals surface area (Å²) in [5.41, 5.74) is 4.03. The second-order valence-corrected chi connectivity index (χ2v) is 5.73. The predicted octanol–water partition coefficient (Wildman–Crippen LogP) is 3.54. The van der Waals surface area contributed by atoms with Crippen molar-refractivity contribution in [2.24, 2.45) is 5.92 Å². The minimum absolute atomic E-state index is 0.846. The van der Waals surface area contributed by atoms with Gasteiger partial charge in [0.05, 0.1) is 7.11 Å². The zero-order valence-electron chi connectivity index (χ0n) is 12.1. The van der Waals surface area contributed by atoms with Crippen LogP contribution in [0.2, 0.25) is 0 Å². The van der Waals surface area contributed by atoms with Crippen LogP contribution in [-0.4, -0.2) is 25.1 Å². The van der Waals surface area contributed by atoms with Gasteiger partial charge in [-0.2, -0.15) is 0 Å². The highest BCUT2D eigenvalue weighted by Crippen LogP contribution is 2.25. The van der Waals surface area contributed by atoms with Crippen LogP contribution >= 0.6 is 0 Å². The number of piperidine rings is 1. The van der Waals surface area contributed by atoms with Crippen molar-refractivity contribution in [3.63, 3.8) is 0 Å². The van der Waals surface area contributed by atoms with Crippen molar-refractivity contribution in [2.75, 3.05) is 20.2 Å². The average molecular weight is 247 g/mol. The van der Waals surface area contributed by atoms with Gasteiger partial charge in [0.15, 0.2) is 0 Å². The van der Waals surface area contributed by atoms with Crippen molar-refractivity contribution in [3.8, 4) is 5.75 Å². The molecule has 2 rings (SSSR count). The summed E-state index contributed by atoms with van der Waals surface area (Å²) in [6.07, 6.45) is 2.73. The fourth-order valence-corrected chi connectivity index (χ4v) is 2.91. The molecule has 0 radical (unpaired) electrons. The highest BCUT2D eigenvalue weighted by Gasteiger charge is 2.17. The van der Waals surface area contributed by atoms with E-state index >= 15 is 0 Å². The van der Waals surface area contributed by atoms with Crippen LogP contribution in [0.4, 0.5) is 0 Å². The highest BCUT2D eigenvalue weighted by molar-refractivity contribution is 5.41. The molecule has 2 heteroatoms. The van der Waals surface area contributed by atoms with E-state index in [4.69, 9.17) is 4.74 Å². The molecule has 1 aliphatic heterocycles. The third kappa shape index (κ3) is 3.05. The van der Waals surface area contributed by atoms with Gasteiger partial charge in [0.1, 0.15) is 5.75 Å². The standard InChI is InChI=1S/C16H25NO/c1-12-6-5-7-17(10-12)11-15-8-14(3)16(18-4)9-13(15)2/h8-9,12H,5-7,10-11H2,1-4H3/t12-/m1/s1. The molecule has 18 heavy (non-hydrogen) atoms. The number of rotatable bonds is 3. The molecule has 0 aliphatic carbocycles. The molecule has 0 unspecified atom stereocenters. The monoisotopic (exact) mass is 247 g/mol. The van der Waals surface area contributed by atoms with Crippen molar-refractivity contribution >= 4 is 0 Å². The first-order chi connectivity index (χ1) is 8.60. The molecule has 1 aromatic rings. The Morgan fingerprint density at radius 1 is 1.28 bits per heavy atom. The van der Waals surface area contributed by atoms with E-state index in [2.05, 4.69) is 37.8 Å². The number of aryl methyl sites for hydroxylation is 2. The van der Waals surface area contributed by atoms with Crippen LogP contribution in [0.3, 0.4) is 0 Å². The van der Waals surface area contributed by atoms with E-state index in [0.717, 1.165) is 18.2 Å². The summed E-state index contributed by atoms with van der Waals surface area (Å²) >= 11 is 0. The summed E-state index contributed by atoms with van der Waals surface area (Å²) in [5, 5.41) is 0. The summed E-state index contributed by atoms with van der Waals surface area (Å²) in [6, 6.07) is 4.45. The first-order valence-corrected chi connectivity index (χ1v) is 6.96. The second-order valence-electron chi connectivity index (χ2n) is 5.73. The van der Waals surface area contributed by atoms with Crippen LogP contribution in [0, 0.1) is 19.8 Å². The van der Waals surface area contributed by atoms with Crippen molar-refractivity contribution < 1.29 is 4.74 Å². The van der Waals surface area contributed by atoms with Crippen molar-refractivity contribution in [1.82, 2.24) is 4.90 Å². The van der Waals surface area contributed by atoms with Gasteiger partial charge in [0.25, 0.3) is 0 Å². The Balaban J connectivity index is 2.11. The molecule has 1 aliphatic rings. The normalized spacial score (nSPS) is 21.0. The SMILES string of the molecule is COc1cc(C)c(CN2CCC[C@@H](C)C2)cc1C.